The van der Waals surface area contributed by atoms with Gasteiger partial charge in [0, 0.05) is 6.20 Å². The van der Waals surface area contributed by atoms with Crippen molar-refractivity contribution in [1.29, 1.82) is 0 Å². The third-order valence-electron chi connectivity index (χ3n) is 2.92. The first kappa shape index (κ1) is 16.0. The Morgan fingerprint density at radius 3 is 2.43 bits per heavy atom. The molecule has 0 aromatic carbocycles. The number of sulfone groups is 1. The van der Waals surface area contributed by atoms with Crippen LogP contribution in [0.25, 0.3) is 0 Å². The summed E-state index contributed by atoms with van der Waals surface area (Å²) >= 11 is 5.82. The molecule has 5 nitrogen and oxygen atoms in total. The second-order valence-electron chi connectivity index (χ2n) is 4.60. The number of halogens is 4. The van der Waals surface area contributed by atoms with Crippen LogP contribution >= 0.6 is 11.6 Å². The molecule has 2 atom stereocenters. The van der Waals surface area contributed by atoms with Crippen LogP contribution < -0.4 is 5.32 Å². The summed E-state index contributed by atoms with van der Waals surface area (Å²) in [6, 6.07) is 0.865. The third kappa shape index (κ3) is 3.85. The average molecular weight is 343 g/mol. The van der Waals surface area contributed by atoms with E-state index < -0.39 is 38.9 Å². The van der Waals surface area contributed by atoms with E-state index in [1.54, 1.807) is 0 Å². The van der Waals surface area contributed by atoms with Crippen LogP contribution in [0.2, 0.25) is 0 Å². The van der Waals surface area contributed by atoms with E-state index in [-0.39, 0.29) is 17.2 Å². The molecular weight excluding hydrogens is 333 g/mol. The second-order valence-corrected chi connectivity index (χ2v) is 7.32. The van der Waals surface area contributed by atoms with Gasteiger partial charge in [0.25, 0.3) is 5.91 Å². The van der Waals surface area contributed by atoms with Crippen LogP contribution in [-0.4, -0.2) is 42.2 Å². The first-order valence-electron chi connectivity index (χ1n) is 5.77. The molecule has 0 aliphatic carbocycles. The lowest BCUT2D eigenvalue weighted by Crippen LogP contribution is -2.41. The maximum Gasteiger partial charge on any atom is 0.417 e. The zero-order valence-corrected chi connectivity index (χ0v) is 12.0. The highest BCUT2D eigenvalue weighted by Crippen LogP contribution is 2.28. The van der Waals surface area contributed by atoms with E-state index in [2.05, 4.69) is 10.3 Å². The highest BCUT2D eigenvalue weighted by molar-refractivity contribution is 7.91. The molecule has 1 aromatic rings. The molecule has 1 saturated heterocycles. The fourth-order valence-corrected chi connectivity index (χ4v) is 4.42. The van der Waals surface area contributed by atoms with Gasteiger partial charge in [0.2, 0.25) is 0 Å². The number of nitrogens with zero attached hydrogens (tertiary/aromatic N) is 1. The number of carbonyl (C=O) groups excluding carboxylic acids is 1. The van der Waals surface area contributed by atoms with Crippen LogP contribution in [0.4, 0.5) is 13.2 Å². The lowest BCUT2D eigenvalue weighted by molar-refractivity contribution is -0.137. The second kappa shape index (κ2) is 5.45. The predicted octanol–water partition coefficient (Wildman–Crippen LogP) is 1.23. The third-order valence-corrected chi connectivity index (χ3v) is 5.30. The smallest absolute Gasteiger partial charge is 0.345 e. The van der Waals surface area contributed by atoms with Gasteiger partial charge in [-0.2, -0.15) is 13.2 Å². The summed E-state index contributed by atoms with van der Waals surface area (Å²) in [7, 11) is -3.31. The molecule has 1 aliphatic rings. The Bertz CT molecular complexity index is 646. The largest absolute Gasteiger partial charge is 0.417 e. The van der Waals surface area contributed by atoms with Crippen LogP contribution in [0.3, 0.4) is 0 Å². The SMILES string of the molecule is O=C(NC1CS(=O)(=O)CC1Cl)c1ccc(C(F)(F)F)cn1. The zero-order chi connectivity index (χ0) is 15.8. The van der Waals surface area contributed by atoms with Gasteiger partial charge >= 0.3 is 6.18 Å². The van der Waals surface area contributed by atoms with Crippen LogP contribution in [0.1, 0.15) is 16.1 Å². The number of rotatable bonds is 2. The van der Waals surface area contributed by atoms with Crippen LogP contribution in [-0.2, 0) is 16.0 Å². The number of amides is 1. The van der Waals surface area contributed by atoms with Gasteiger partial charge < -0.3 is 5.32 Å². The molecule has 2 heterocycles. The summed E-state index contributed by atoms with van der Waals surface area (Å²) in [4.78, 5) is 15.2. The topological polar surface area (TPSA) is 76.1 Å². The van der Waals surface area contributed by atoms with E-state index in [1.165, 1.54) is 0 Å². The first-order chi connectivity index (χ1) is 9.58. The molecular formula is C11H10ClF3N2O3S. The van der Waals surface area contributed by atoms with Gasteiger partial charge in [0.05, 0.1) is 28.5 Å². The summed E-state index contributed by atoms with van der Waals surface area (Å²) in [6.45, 7) is 0. The predicted molar refractivity (Wildman–Crippen MR) is 68.8 cm³/mol. The number of alkyl halides is 4. The molecule has 2 rings (SSSR count). The van der Waals surface area contributed by atoms with Gasteiger partial charge in [-0.15, -0.1) is 11.6 Å². The van der Waals surface area contributed by atoms with Crippen molar-refractivity contribution >= 4 is 27.3 Å². The minimum atomic E-state index is -4.54. The van der Waals surface area contributed by atoms with Crippen molar-refractivity contribution in [1.82, 2.24) is 10.3 Å². The Hall–Kier alpha value is -1.35. The molecule has 0 spiro atoms. The van der Waals surface area contributed by atoms with E-state index in [0.717, 1.165) is 12.1 Å². The molecule has 21 heavy (non-hydrogen) atoms. The Morgan fingerprint density at radius 2 is 2.00 bits per heavy atom. The molecule has 2 unspecified atom stereocenters. The summed E-state index contributed by atoms with van der Waals surface area (Å²) in [5.41, 5.74) is -1.21. The highest BCUT2D eigenvalue weighted by Gasteiger charge is 2.37. The van der Waals surface area contributed by atoms with Gasteiger partial charge in [-0.3, -0.25) is 9.78 Å². The van der Waals surface area contributed by atoms with Crippen molar-refractivity contribution in [3.8, 4) is 0 Å². The number of hydrogen-bond donors (Lipinski definition) is 1. The van der Waals surface area contributed by atoms with Crippen molar-refractivity contribution in [2.75, 3.05) is 11.5 Å². The molecule has 116 valence electrons. The maximum absolute atomic E-state index is 12.4. The van der Waals surface area contributed by atoms with E-state index in [1.807, 2.05) is 0 Å². The Morgan fingerprint density at radius 1 is 1.33 bits per heavy atom. The normalized spacial score (nSPS) is 24.8. The highest BCUT2D eigenvalue weighted by atomic mass is 35.5. The number of aromatic nitrogens is 1. The molecule has 10 heteroatoms. The molecule has 0 radical (unpaired) electrons. The van der Waals surface area contributed by atoms with Crippen molar-refractivity contribution in [2.45, 2.75) is 17.6 Å². The Kier molecular flexibility index (Phi) is 4.16. The zero-order valence-electron chi connectivity index (χ0n) is 10.4. The number of hydrogen-bond acceptors (Lipinski definition) is 4. The molecule has 1 amide bonds. The fourth-order valence-electron chi connectivity index (χ4n) is 1.88. The molecule has 1 aromatic heterocycles. The quantitative estimate of drug-likeness (QED) is 0.820. The van der Waals surface area contributed by atoms with E-state index in [4.69, 9.17) is 11.6 Å². The molecule has 1 N–H and O–H groups in total. The van der Waals surface area contributed by atoms with Crippen molar-refractivity contribution in [2.24, 2.45) is 0 Å². The minimum absolute atomic E-state index is 0.240. The molecule has 1 aliphatic heterocycles. The van der Waals surface area contributed by atoms with Gasteiger partial charge in [0.1, 0.15) is 5.69 Å². The van der Waals surface area contributed by atoms with Crippen LogP contribution in [0.15, 0.2) is 18.3 Å². The number of pyridine rings is 1. The van der Waals surface area contributed by atoms with E-state index >= 15 is 0 Å². The minimum Gasteiger partial charge on any atom is -0.345 e. The van der Waals surface area contributed by atoms with Gasteiger partial charge in [-0.1, -0.05) is 0 Å². The standard InChI is InChI=1S/C11H10ClF3N2O3S/c12-7-4-21(19,20)5-9(7)17-10(18)8-2-1-6(3-16-8)11(13,14)15/h1-3,7,9H,4-5H2,(H,17,18). The van der Waals surface area contributed by atoms with Crippen LogP contribution in [0.5, 0.6) is 0 Å². The molecule has 1 fully saturated rings. The maximum atomic E-state index is 12.4. The van der Waals surface area contributed by atoms with Gasteiger partial charge in [0.15, 0.2) is 9.84 Å². The summed E-state index contributed by atoms with van der Waals surface area (Å²) in [5, 5.41) is 1.59. The lowest BCUT2D eigenvalue weighted by Gasteiger charge is -2.14. The van der Waals surface area contributed by atoms with E-state index in [9.17, 15) is 26.4 Å². The Balaban J connectivity index is 2.08. The molecule has 0 saturated carbocycles. The lowest BCUT2D eigenvalue weighted by atomic mass is 10.2. The summed E-state index contributed by atoms with van der Waals surface area (Å²) in [5.74, 6) is -1.32. The fraction of sp³-hybridized carbons (Fsp3) is 0.455. The first-order valence-corrected chi connectivity index (χ1v) is 8.03. The number of carbonyl (C=O) groups is 1. The average Bonchev–Trinajstić information content (AvgIpc) is 2.61. The Labute approximate surface area is 123 Å². The van der Waals surface area contributed by atoms with Gasteiger partial charge in [-0.25, -0.2) is 8.42 Å². The van der Waals surface area contributed by atoms with Crippen LogP contribution in [0, 0.1) is 0 Å². The number of nitrogens with one attached hydrogen (secondary N) is 1. The summed E-state index contributed by atoms with van der Waals surface area (Å²) < 4.78 is 59.8. The molecule has 0 bridgehead atoms. The summed E-state index contributed by atoms with van der Waals surface area (Å²) in [6.07, 6.45) is -4.00. The monoisotopic (exact) mass is 342 g/mol. The van der Waals surface area contributed by atoms with E-state index in [0.29, 0.717) is 6.20 Å². The van der Waals surface area contributed by atoms with Crippen molar-refractivity contribution in [3.05, 3.63) is 29.6 Å². The van der Waals surface area contributed by atoms with Crippen molar-refractivity contribution in [3.63, 3.8) is 0 Å². The van der Waals surface area contributed by atoms with Crippen molar-refractivity contribution < 1.29 is 26.4 Å². The van der Waals surface area contributed by atoms with Gasteiger partial charge in [-0.05, 0) is 12.1 Å².